The molecule has 0 unspecified atom stereocenters. The van der Waals surface area contributed by atoms with Gasteiger partial charge in [-0.1, -0.05) is 86.6 Å². The average molecular weight is 540 g/mol. The Morgan fingerprint density at radius 3 is 2.23 bits per heavy atom. The van der Waals surface area contributed by atoms with Gasteiger partial charge in [-0.2, -0.15) is 0 Å². The Morgan fingerprint density at radius 2 is 1.57 bits per heavy atom. The van der Waals surface area contributed by atoms with E-state index in [9.17, 15) is 19.5 Å². The first-order valence-corrected chi connectivity index (χ1v) is 13.1. The predicted octanol–water partition coefficient (Wildman–Crippen LogP) is 3.61. The molecule has 0 radical (unpaired) electrons. The highest BCUT2D eigenvalue weighted by Crippen LogP contribution is 2.22. The number of benzene rings is 3. The lowest BCUT2D eigenvalue weighted by Gasteiger charge is -2.32. The quantitative estimate of drug-likeness (QED) is 0.357. The first-order valence-electron chi connectivity index (χ1n) is 13.1. The maximum Gasteiger partial charge on any atom is 0.249 e. The molecular formula is C32H33N3O5. The number of rotatable bonds is 6. The van der Waals surface area contributed by atoms with Gasteiger partial charge in [-0.15, -0.1) is 0 Å². The van der Waals surface area contributed by atoms with Crippen molar-refractivity contribution >= 4 is 29.9 Å². The molecule has 0 aliphatic carbocycles. The van der Waals surface area contributed by atoms with E-state index in [1.807, 2.05) is 56.3 Å². The Morgan fingerprint density at radius 1 is 0.925 bits per heavy atom. The van der Waals surface area contributed by atoms with Gasteiger partial charge in [0.2, 0.25) is 17.7 Å². The van der Waals surface area contributed by atoms with E-state index in [0.29, 0.717) is 11.3 Å². The zero-order chi connectivity index (χ0) is 28.5. The molecule has 4 atom stereocenters. The third-order valence-electron chi connectivity index (χ3n) is 6.48. The van der Waals surface area contributed by atoms with Crippen molar-refractivity contribution in [1.82, 2.24) is 16.0 Å². The molecule has 2 aliphatic rings. The van der Waals surface area contributed by atoms with Crippen LogP contribution in [0.1, 0.15) is 36.6 Å². The normalized spacial score (nSPS) is 20.4. The van der Waals surface area contributed by atoms with Gasteiger partial charge in [0, 0.05) is 12.3 Å². The minimum absolute atomic E-state index is 0.215. The smallest absolute Gasteiger partial charge is 0.249 e. The van der Waals surface area contributed by atoms with Crippen LogP contribution < -0.4 is 20.7 Å². The summed E-state index contributed by atoms with van der Waals surface area (Å²) in [5, 5.41) is 19.2. The highest BCUT2D eigenvalue weighted by Gasteiger charge is 2.38. The number of carbonyl (C=O) groups excluding carboxylic acids is 3. The van der Waals surface area contributed by atoms with Crippen LogP contribution in [0.25, 0.3) is 12.2 Å². The molecular weight excluding hydrogens is 506 g/mol. The molecule has 3 aromatic carbocycles. The molecule has 0 aromatic heterocycles. The second kappa shape index (κ2) is 13.4. The molecule has 5 rings (SSSR count). The van der Waals surface area contributed by atoms with E-state index in [1.54, 1.807) is 54.6 Å². The average Bonchev–Trinajstić information content (AvgIpc) is 2.97. The van der Waals surface area contributed by atoms with Gasteiger partial charge >= 0.3 is 0 Å². The molecule has 2 bridgehead atoms. The third-order valence-corrected chi connectivity index (χ3v) is 6.48. The first-order chi connectivity index (χ1) is 19.3. The van der Waals surface area contributed by atoms with Crippen LogP contribution in [0.2, 0.25) is 0 Å². The molecule has 3 amide bonds. The Balaban J connectivity index is 1.69. The molecule has 0 saturated carbocycles. The van der Waals surface area contributed by atoms with Crippen molar-refractivity contribution in [3.8, 4) is 5.75 Å². The van der Waals surface area contributed by atoms with Crippen molar-refractivity contribution in [2.45, 2.75) is 38.1 Å². The van der Waals surface area contributed by atoms with Crippen LogP contribution in [-0.4, -0.2) is 41.0 Å². The molecule has 4 N–H and O–H groups in total. The van der Waals surface area contributed by atoms with Crippen LogP contribution in [-0.2, 0) is 14.4 Å². The van der Waals surface area contributed by atoms with Crippen LogP contribution in [0, 0.1) is 5.92 Å². The summed E-state index contributed by atoms with van der Waals surface area (Å²) in [6.07, 6.45) is 3.98. The van der Waals surface area contributed by atoms with Crippen molar-refractivity contribution in [3.05, 3.63) is 114 Å². The fourth-order valence-electron chi connectivity index (χ4n) is 4.32. The molecule has 206 valence electrons. The zero-order valence-electron chi connectivity index (χ0n) is 22.4. The highest BCUT2D eigenvalue weighted by atomic mass is 16.5. The maximum atomic E-state index is 13.8. The van der Waals surface area contributed by atoms with E-state index in [0.717, 1.165) is 11.1 Å². The number of hydrogen-bond acceptors (Lipinski definition) is 5. The Kier molecular flexibility index (Phi) is 9.48. The lowest BCUT2D eigenvalue weighted by molar-refractivity contribution is -0.135. The molecule has 0 saturated heterocycles. The van der Waals surface area contributed by atoms with Gasteiger partial charge in [-0.05, 0) is 46.9 Å². The van der Waals surface area contributed by atoms with Crippen molar-refractivity contribution in [1.29, 1.82) is 0 Å². The van der Waals surface area contributed by atoms with Crippen molar-refractivity contribution in [2.24, 2.45) is 5.92 Å². The largest absolute Gasteiger partial charge is 0.487 e. The molecule has 8 heteroatoms. The first kappa shape index (κ1) is 28.3. The second-order valence-corrected chi connectivity index (χ2v) is 9.81. The highest BCUT2D eigenvalue weighted by molar-refractivity contribution is 5.97. The van der Waals surface area contributed by atoms with Gasteiger partial charge < -0.3 is 25.8 Å². The van der Waals surface area contributed by atoms with Crippen LogP contribution in [0.3, 0.4) is 0 Å². The van der Waals surface area contributed by atoms with E-state index >= 15 is 0 Å². The molecule has 2 heterocycles. The van der Waals surface area contributed by atoms with E-state index < -0.39 is 42.0 Å². The summed E-state index contributed by atoms with van der Waals surface area (Å²) in [4.78, 5) is 40.1. The summed E-state index contributed by atoms with van der Waals surface area (Å²) >= 11 is 0. The number of hydrogen-bond donors (Lipinski definition) is 4. The lowest BCUT2D eigenvalue weighted by Crippen LogP contribution is -2.60. The fraction of sp³-hybridized carbons (Fsp3) is 0.219. The maximum absolute atomic E-state index is 13.8. The summed E-state index contributed by atoms with van der Waals surface area (Å²) in [5.74, 6) is -1.50. The molecule has 2 aliphatic heterocycles. The summed E-state index contributed by atoms with van der Waals surface area (Å²) in [6.45, 7) is 3.75. The summed E-state index contributed by atoms with van der Waals surface area (Å²) in [6, 6.07) is 22.5. The van der Waals surface area contributed by atoms with Crippen LogP contribution in [0.15, 0.2) is 97.2 Å². The Hall–Kier alpha value is -4.69. The molecule has 3 aromatic rings. The van der Waals surface area contributed by atoms with E-state index in [1.165, 1.54) is 12.3 Å². The van der Waals surface area contributed by atoms with E-state index in [-0.39, 0.29) is 5.92 Å². The van der Waals surface area contributed by atoms with Crippen molar-refractivity contribution in [2.75, 3.05) is 0 Å². The fourth-order valence-corrected chi connectivity index (χ4v) is 4.32. The number of fused-ring (bicyclic) bond motifs is 10. The van der Waals surface area contributed by atoms with Gasteiger partial charge in [-0.25, -0.2) is 0 Å². The van der Waals surface area contributed by atoms with Gasteiger partial charge in [0.15, 0.2) is 0 Å². The number of ether oxygens (including phenoxy) is 1. The minimum Gasteiger partial charge on any atom is -0.487 e. The molecule has 8 nitrogen and oxygen atoms in total. The second-order valence-electron chi connectivity index (χ2n) is 9.81. The lowest BCUT2D eigenvalue weighted by atomic mass is 9.96. The Labute approximate surface area is 233 Å². The van der Waals surface area contributed by atoms with Crippen LogP contribution >= 0.6 is 0 Å². The summed E-state index contributed by atoms with van der Waals surface area (Å²) in [7, 11) is 0. The van der Waals surface area contributed by atoms with Gasteiger partial charge in [-0.3, -0.25) is 14.4 Å². The number of aliphatic hydroxyl groups excluding tert-OH is 1. The van der Waals surface area contributed by atoms with Crippen LogP contribution in [0.5, 0.6) is 5.75 Å². The SMILES string of the molecule is CC(C)[C@@H]1Oc2ccc(cc2)C=CNC(=O)[C@H]([C@H](O)c2ccccc2)NC(=O)[C@H]1NC(=O)C=Cc1ccccc1. The van der Waals surface area contributed by atoms with Gasteiger partial charge in [0.05, 0.1) is 0 Å². The molecule has 0 spiro atoms. The molecule has 40 heavy (non-hydrogen) atoms. The number of amides is 3. The number of nitrogens with one attached hydrogen (secondary N) is 3. The van der Waals surface area contributed by atoms with E-state index in [2.05, 4.69) is 16.0 Å². The van der Waals surface area contributed by atoms with Crippen molar-refractivity contribution < 1.29 is 24.2 Å². The van der Waals surface area contributed by atoms with E-state index in [4.69, 9.17) is 4.74 Å². The standard InChI is InChI=1S/C32H33N3O5/c1-21(2)30-28(34-26(36)18-15-22-9-5-3-6-10-22)32(39)35-27(29(37)24-11-7-4-8-12-24)31(38)33-20-19-23-13-16-25(40-30)17-14-23/h3-21,27-30,37H,1-2H3,(H,33,38)(H,34,36)(H,35,39)/t27-,28-,29+,30-/m0/s1. The van der Waals surface area contributed by atoms with Gasteiger partial charge in [0.1, 0.15) is 30.0 Å². The number of aliphatic hydroxyl groups is 1. The Bertz CT molecular complexity index is 1350. The van der Waals surface area contributed by atoms with Crippen molar-refractivity contribution in [3.63, 3.8) is 0 Å². The van der Waals surface area contributed by atoms with Crippen LogP contribution in [0.4, 0.5) is 0 Å². The van der Waals surface area contributed by atoms with Gasteiger partial charge in [0.25, 0.3) is 0 Å². The topological polar surface area (TPSA) is 117 Å². The zero-order valence-corrected chi connectivity index (χ0v) is 22.4. The molecule has 0 fully saturated rings. The third kappa shape index (κ3) is 7.45. The number of carbonyl (C=O) groups is 3. The minimum atomic E-state index is -1.35. The summed E-state index contributed by atoms with van der Waals surface area (Å²) in [5.41, 5.74) is 2.08. The summed E-state index contributed by atoms with van der Waals surface area (Å²) < 4.78 is 6.24. The monoisotopic (exact) mass is 539 g/mol. The predicted molar refractivity (Wildman–Crippen MR) is 154 cm³/mol.